The molecule has 2 rings (SSSR count). The second kappa shape index (κ2) is 5.77. The van der Waals surface area contributed by atoms with Gasteiger partial charge < -0.3 is 10.1 Å². The summed E-state index contributed by atoms with van der Waals surface area (Å²) < 4.78 is 5.34. The van der Waals surface area contributed by atoms with Crippen molar-refractivity contribution in [1.29, 1.82) is 5.26 Å². The van der Waals surface area contributed by atoms with Gasteiger partial charge in [-0.05, 0) is 39.2 Å². The molecule has 1 N–H and O–H groups in total. The van der Waals surface area contributed by atoms with Crippen LogP contribution < -0.4 is 5.32 Å². The van der Waals surface area contributed by atoms with E-state index in [0.717, 1.165) is 24.8 Å². The highest BCUT2D eigenvalue weighted by Gasteiger charge is 2.46. The molecule has 1 aliphatic carbocycles. The Balaban J connectivity index is 2.22. The molecule has 1 fully saturated rings. The highest BCUT2D eigenvalue weighted by atomic mass is 16.6. The van der Waals surface area contributed by atoms with Crippen LogP contribution in [-0.4, -0.2) is 11.7 Å². The maximum atomic E-state index is 12.1. The van der Waals surface area contributed by atoms with E-state index in [0.29, 0.717) is 0 Å². The Morgan fingerprint density at radius 2 is 1.95 bits per heavy atom. The standard InChI is InChI=1S/C17H22N2O2/c1-16(2,3)21-15(20)19-14(13-8-5-4-6-9-13)17(12-18)10-7-11-17/h4-6,8-9,14H,7,10-11H2,1-3H3,(H,19,20). The zero-order valence-electron chi connectivity index (χ0n) is 12.8. The van der Waals surface area contributed by atoms with Crippen molar-refractivity contribution >= 4 is 6.09 Å². The number of carbonyl (C=O) groups is 1. The first-order valence-electron chi connectivity index (χ1n) is 7.32. The lowest BCUT2D eigenvalue weighted by atomic mass is 9.63. The Kier molecular flexibility index (Phi) is 4.22. The van der Waals surface area contributed by atoms with E-state index >= 15 is 0 Å². The minimum atomic E-state index is -0.551. The van der Waals surface area contributed by atoms with Gasteiger partial charge in [0.1, 0.15) is 5.60 Å². The van der Waals surface area contributed by atoms with Gasteiger partial charge >= 0.3 is 6.09 Å². The van der Waals surface area contributed by atoms with E-state index in [9.17, 15) is 10.1 Å². The number of amides is 1. The maximum absolute atomic E-state index is 12.1. The molecule has 1 atom stereocenters. The first-order valence-corrected chi connectivity index (χ1v) is 7.32. The first kappa shape index (κ1) is 15.4. The van der Waals surface area contributed by atoms with Crippen molar-refractivity contribution in [2.75, 3.05) is 0 Å². The summed E-state index contributed by atoms with van der Waals surface area (Å²) in [7, 11) is 0. The molecule has 0 saturated heterocycles. The van der Waals surface area contributed by atoms with Crippen LogP contribution in [0.15, 0.2) is 30.3 Å². The van der Waals surface area contributed by atoms with Gasteiger partial charge in [-0.25, -0.2) is 4.79 Å². The first-order chi connectivity index (χ1) is 9.86. The lowest BCUT2D eigenvalue weighted by Gasteiger charge is -2.42. The summed E-state index contributed by atoms with van der Waals surface area (Å²) in [5.74, 6) is 0. The predicted octanol–water partition coefficient (Wildman–Crippen LogP) is 3.95. The molecule has 1 unspecified atom stereocenters. The van der Waals surface area contributed by atoms with Crippen molar-refractivity contribution in [3.63, 3.8) is 0 Å². The Morgan fingerprint density at radius 1 is 1.33 bits per heavy atom. The van der Waals surface area contributed by atoms with Gasteiger partial charge in [-0.1, -0.05) is 36.8 Å². The molecule has 21 heavy (non-hydrogen) atoms. The topological polar surface area (TPSA) is 62.1 Å². The number of hydrogen-bond acceptors (Lipinski definition) is 3. The molecule has 1 aromatic rings. The lowest BCUT2D eigenvalue weighted by Crippen LogP contribution is -2.45. The van der Waals surface area contributed by atoms with Crippen molar-refractivity contribution in [3.05, 3.63) is 35.9 Å². The number of nitrogens with zero attached hydrogens (tertiary/aromatic N) is 1. The number of nitrogens with one attached hydrogen (secondary N) is 1. The van der Waals surface area contributed by atoms with Gasteiger partial charge in [0.2, 0.25) is 0 Å². The van der Waals surface area contributed by atoms with Crippen molar-refractivity contribution < 1.29 is 9.53 Å². The predicted molar refractivity (Wildman–Crippen MR) is 80.4 cm³/mol. The molecular formula is C17H22N2O2. The number of alkyl carbamates (subject to hydrolysis) is 1. The highest BCUT2D eigenvalue weighted by molar-refractivity contribution is 5.68. The number of hydrogen-bond donors (Lipinski definition) is 1. The van der Waals surface area contributed by atoms with Crippen LogP contribution in [-0.2, 0) is 4.74 Å². The van der Waals surface area contributed by atoms with Gasteiger partial charge in [0, 0.05) is 0 Å². The second-order valence-corrected chi connectivity index (χ2v) is 6.61. The molecule has 4 nitrogen and oxygen atoms in total. The molecule has 0 spiro atoms. The zero-order valence-corrected chi connectivity index (χ0v) is 12.8. The van der Waals surface area contributed by atoms with Crippen LogP contribution >= 0.6 is 0 Å². The van der Waals surface area contributed by atoms with E-state index in [4.69, 9.17) is 4.74 Å². The fraction of sp³-hybridized carbons (Fsp3) is 0.529. The molecule has 0 aromatic heterocycles. The van der Waals surface area contributed by atoms with E-state index in [-0.39, 0.29) is 6.04 Å². The molecule has 0 bridgehead atoms. The van der Waals surface area contributed by atoms with E-state index < -0.39 is 17.1 Å². The fourth-order valence-electron chi connectivity index (χ4n) is 2.63. The van der Waals surface area contributed by atoms with Crippen molar-refractivity contribution in [1.82, 2.24) is 5.32 Å². The summed E-state index contributed by atoms with van der Waals surface area (Å²) in [6.07, 6.45) is 2.16. The number of ether oxygens (including phenoxy) is 1. The highest BCUT2D eigenvalue weighted by Crippen LogP contribution is 2.49. The van der Waals surface area contributed by atoms with Gasteiger partial charge in [-0.3, -0.25) is 0 Å². The normalized spacial score (nSPS) is 18.0. The van der Waals surface area contributed by atoms with Gasteiger partial charge in [-0.15, -0.1) is 0 Å². The third kappa shape index (κ3) is 3.55. The van der Waals surface area contributed by atoms with E-state index in [1.807, 2.05) is 51.1 Å². The smallest absolute Gasteiger partial charge is 0.408 e. The Morgan fingerprint density at radius 3 is 2.38 bits per heavy atom. The van der Waals surface area contributed by atoms with Crippen LogP contribution in [0.3, 0.4) is 0 Å². The van der Waals surface area contributed by atoms with Crippen molar-refractivity contribution in [2.45, 2.75) is 51.7 Å². The van der Waals surface area contributed by atoms with Crippen molar-refractivity contribution in [3.8, 4) is 6.07 Å². The third-order valence-corrected chi connectivity index (χ3v) is 3.82. The third-order valence-electron chi connectivity index (χ3n) is 3.82. The van der Waals surface area contributed by atoms with E-state index in [1.165, 1.54) is 0 Å². The quantitative estimate of drug-likeness (QED) is 0.915. The number of carbonyl (C=O) groups excluding carboxylic acids is 1. The average molecular weight is 286 g/mol. The second-order valence-electron chi connectivity index (χ2n) is 6.61. The molecular weight excluding hydrogens is 264 g/mol. The minimum Gasteiger partial charge on any atom is -0.444 e. The number of benzene rings is 1. The summed E-state index contributed by atoms with van der Waals surface area (Å²) in [6, 6.07) is 11.7. The van der Waals surface area contributed by atoms with Gasteiger partial charge in [0.05, 0.1) is 17.5 Å². The zero-order chi connectivity index (χ0) is 15.5. The number of nitriles is 1. The van der Waals surface area contributed by atoms with Crippen LogP contribution in [0.2, 0.25) is 0 Å². The van der Waals surface area contributed by atoms with E-state index in [2.05, 4.69) is 11.4 Å². The molecule has 1 saturated carbocycles. The minimum absolute atomic E-state index is 0.327. The molecule has 0 radical (unpaired) electrons. The van der Waals surface area contributed by atoms with Crippen LogP contribution in [0, 0.1) is 16.7 Å². The average Bonchev–Trinajstić information content (AvgIpc) is 2.36. The van der Waals surface area contributed by atoms with Gasteiger partial charge in [0.15, 0.2) is 0 Å². The molecule has 0 heterocycles. The van der Waals surface area contributed by atoms with Crippen LogP contribution in [0.4, 0.5) is 4.79 Å². The summed E-state index contributed by atoms with van der Waals surface area (Å²) in [5, 5.41) is 12.5. The monoisotopic (exact) mass is 286 g/mol. The van der Waals surface area contributed by atoms with Gasteiger partial charge in [-0.2, -0.15) is 5.26 Å². The number of rotatable bonds is 3. The fourth-order valence-corrected chi connectivity index (χ4v) is 2.63. The van der Waals surface area contributed by atoms with Crippen LogP contribution in [0.5, 0.6) is 0 Å². The summed E-state index contributed by atoms with van der Waals surface area (Å²) >= 11 is 0. The Labute approximate surface area is 126 Å². The summed E-state index contributed by atoms with van der Waals surface area (Å²) in [4.78, 5) is 12.1. The SMILES string of the molecule is CC(C)(C)OC(=O)NC(c1ccccc1)C1(C#N)CCC1. The molecule has 0 aliphatic heterocycles. The summed E-state index contributed by atoms with van der Waals surface area (Å²) in [6.45, 7) is 5.48. The maximum Gasteiger partial charge on any atom is 0.408 e. The lowest BCUT2D eigenvalue weighted by molar-refractivity contribution is 0.0413. The Hall–Kier alpha value is -2.02. The molecule has 112 valence electrons. The molecule has 1 aliphatic rings. The largest absolute Gasteiger partial charge is 0.444 e. The van der Waals surface area contributed by atoms with E-state index in [1.54, 1.807) is 0 Å². The van der Waals surface area contributed by atoms with Gasteiger partial charge in [0.25, 0.3) is 0 Å². The van der Waals surface area contributed by atoms with Crippen LogP contribution in [0.1, 0.15) is 51.6 Å². The molecule has 1 amide bonds. The summed E-state index contributed by atoms with van der Waals surface area (Å²) in [5.41, 5.74) is -0.118. The molecule has 1 aromatic carbocycles. The Bertz CT molecular complexity index is 536. The molecule has 4 heteroatoms. The van der Waals surface area contributed by atoms with Crippen LogP contribution in [0.25, 0.3) is 0 Å². The van der Waals surface area contributed by atoms with Crippen molar-refractivity contribution in [2.24, 2.45) is 5.41 Å².